The average Bonchev–Trinajstić information content (AvgIpc) is 1.86. The Labute approximate surface area is 61.0 Å². The van der Waals surface area contributed by atoms with E-state index in [1.165, 1.54) is 7.11 Å². The number of carbonyl (C=O) groups excluding carboxylic acids is 1. The smallest absolute Gasteiger partial charge is 0.313 e. The molecule has 3 heteroatoms. The van der Waals surface area contributed by atoms with Crippen molar-refractivity contribution in [3.05, 3.63) is 0 Å². The SMILES string of the molecule is COC(=O)C(C)(C)[C@@H](C)O. The Bertz CT molecular complexity index is 127. The van der Waals surface area contributed by atoms with Gasteiger partial charge >= 0.3 is 5.97 Å². The van der Waals surface area contributed by atoms with Crippen molar-refractivity contribution in [2.45, 2.75) is 26.9 Å². The van der Waals surface area contributed by atoms with Crippen LogP contribution in [0.15, 0.2) is 0 Å². The number of carbonyl (C=O) groups is 1. The van der Waals surface area contributed by atoms with Crippen LogP contribution in [0, 0.1) is 5.41 Å². The first-order valence-corrected chi connectivity index (χ1v) is 3.19. The maximum atomic E-state index is 10.9. The van der Waals surface area contributed by atoms with Crippen molar-refractivity contribution in [1.29, 1.82) is 0 Å². The van der Waals surface area contributed by atoms with Crippen LogP contribution in [0.25, 0.3) is 0 Å². The molecule has 3 nitrogen and oxygen atoms in total. The fourth-order valence-corrected chi connectivity index (χ4v) is 0.434. The molecule has 10 heavy (non-hydrogen) atoms. The van der Waals surface area contributed by atoms with Gasteiger partial charge in [0.2, 0.25) is 0 Å². The van der Waals surface area contributed by atoms with Gasteiger partial charge in [-0.2, -0.15) is 0 Å². The molecular weight excluding hydrogens is 132 g/mol. The second-order valence-electron chi connectivity index (χ2n) is 2.89. The molecule has 0 bridgehead atoms. The number of rotatable bonds is 2. The lowest BCUT2D eigenvalue weighted by Crippen LogP contribution is -2.36. The summed E-state index contributed by atoms with van der Waals surface area (Å²) in [5, 5.41) is 9.08. The van der Waals surface area contributed by atoms with Gasteiger partial charge in [-0.05, 0) is 20.8 Å². The van der Waals surface area contributed by atoms with E-state index in [9.17, 15) is 4.79 Å². The fourth-order valence-electron chi connectivity index (χ4n) is 0.434. The Morgan fingerprint density at radius 1 is 1.60 bits per heavy atom. The monoisotopic (exact) mass is 146 g/mol. The number of hydrogen-bond donors (Lipinski definition) is 1. The molecule has 0 aliphatic carbocycles. The van der Waals surface area contributed by atoms with Crippen LogP contribution in [0.5, 0.6) is 0 Å². The van der Waals surface area contributed by atoms with E-state index in [-0.39, 0.29) is 5.97 Å². The Morgan fingerprint density at radius 3 is 2.10 bits per heavy atom. The van der Waals surface area contributed by atoms with Crippen molar-refractivity contribution in [2.24, 2.45) is 5.41 Å². The minimum absolute atomic E-state index is 0.387. The van der Waals surface area contributed by atoms with Gasteiger partial charge in [-0.15, -0.1) is 0 Å². The molecule has 0 radical (unpaired) electrons. The predicted octanol–water partition coefficient (Wildman–Crippen LogP) is 0.566. The average molecular weight is 146 g/mol. The topological polar surface area (TPSA) is 46.5 Å². The molecular formula is C7H14O3. The first-order chi connectivity index (χ1) is 4.42. The summed E-state index contributed by atoms with van der Waals surface area (Å²) in [6, 6.07) is 0. The quantitative estimate of drug-likeness (QED) is 0.579. The van der Waals surface area contributed by atoms with E-state index >= 15 is 0 Å². The van der Waals surface area contributed by atoms with Crippen molar-refractivity contribution in [3.63, 3.8) is 0 Å². The molecule has 0 aromatic rings. The van der Waals surface area contributed by atoms with Gasteiger partial charge in [-0.1, -0.05) is 0 Å². The minimum Gasteiger partial charge on any atom is -0.469 e. The molecule has 0 saturated carbocycles. The highest BCUT2D eigenvalue weighted by molar-refractivity contribution is 5.76. The van der Waals surface area contributed by atoms with Crippen LogP contribution in [0.4, 0.5) is 0 Å². The molecule has 0 aliphatic heterocycles. The fraction of sp³-hybridized carbons (Fsp3) is 0.857. The molecule has 0 heterocycles. The molecule has 1 N–H and O–H groups in total. The normalized spacial score (nSPS) is 14.5. The molecule has 60 valence electrons. The Morgan fingerprint density at radius 2 is 2.00 bits per heavy atom. The largest absolute Gasteiger partial charge is 0.469 e. The zero-order valence-electron chi connectivity index (χ0n) is 6.84. The molecule has 0 aromatic heterocycles. The lowest BCUT2D eigenvalue weighted by molar-refractivity contribution is -0.156. The van der Waals surface area contributed by atoms with Gasteiger partial charge in [0, 0.05) is 0 Å². The third-order valence-electron chi connectivity index (χ3n) is 1.76. The summed E-state index contributed by atoms with van der Waals surface area (Å²) in [6.07, 6.45) is -0.681. The standard InChI is InChI=1S/C7H14O3/c1-5(8)7(2,3)6(9)10-4/h5,8H,1-4H3/t5-/m1/s1. The maximum absolute atomic E-state index is 10.9. The molecule has 0 amide bonds. The van der Waals surface area contributed by atoms with Gasteiger partial charge < -0.3 is 9.84 Å². The highest BCUT2D eigenvalue weighted by atomic mass is 16.5. The van der Waals surface area contributed by atoms with Crippen molar-refractivity contribution < 1.29 is 14.6 Å². The first kappa shape index (κ1) is 9.43. The third kappa shape index (κ3) is 1.70. The van der Waals surface area contributed by atoms with Crippen LogP contribution < -0.4 is 0 Å². The molecule has 0 aromatic carbocycles. The lowest BCUT2D eigenvalue weighted by atomic mass is 9.88. The molecule has 1 atom stereocenters. The van der Waals surface area contributed by atoms with Gasteiger partial charge in [0.05, 0.1) is 18.6 Å². The maximum Gasteiger partial charge on any atom is 0.313 e. The van der Waals surface area contributed by atoms with Gasteiger partial charge in [0.1, 0.15) is 0 Å². The second kappa shape index (κ2) is 3.01. The minimum atomic E-state index is -0.797. The Hall–Kier alpha value is -0.570. The van der Waals surface area contributed by atoms with Crippen LogP contribution >= 0.6 is 0 Å². The van der Waals surface area contributed by atoms with Crippen molar-refractivity contribution in [1.82, 2.24) is 0 Å². The second-order valence-corrected chi connectivity index (χ2v) is 2.89. The molecule has 0 aliphatic rings. The lowest BCUT2D eigenvalue weighted by Gasteiger charge is -2.24. The highest BCUT2D eigenvalue weighted by Crippen LogP contribution is 2.21. The van der Waals surface area contributed by atoms with E-state index in [0.717, 1.165) is 0 Å². The summed E-state index contributed by atoms with van der Waals surface area (Å²) in [4.78, 5) is 10.9. The predicted molar refractivity (Wildman–Crippen MR) is 37.5 cm³/mol. The Kier molecular flexibility index (Phi) is 2.84. The number of hydrogen-bond acceptors (Lipinski definition) is 3. The molecule has 0 unspecified atom stereocenters. The summed E-state index contributed by atoms with van der Waals surface area (Å²) in [7, 11) is 1.31. The number of methoxy groups -OCH3 is 1. The zero-order chi connectivity index (χ0) is 8.36. The number of aliphatic hydroxyl groups excluding tert-OH is 1. The van der Waals surface area contributed by atoms with Crippen LogP contribution in [-0.2, 0) is 9.53 Å². The van der Waals surface area contributed by atoms with Gasteiger partial charge in [0.15, 0.2) is 0 Å². The van der Waals surface area contributed by atoms with Gasteiger partial charge in [-0.25, -0.2) is 0 Å². The summed E-state index contributed by atoms with van der Waals surface area (Å²) < 4.78 is 4.48. The van der Waals surface area contributed by atoms with E-state index in [0.29, 0.717) is 0 Å². The number of esters is 1. The van der Waals surface area contributed by atoms with Crippen LogP contribution in [0.3, 0.4) is 0 Å². The number of aliphatic hydroxyl groups is 1. The van der Waals surface area contributed by atoms with E-state index in [1.54, 1.807) is 20.8 Å². The highest BCUT2D eigenvalue weighted by Gasteiger charge is 2.33. The Balaban J connectivity index is 4.24. The summed E-state index contributed by atoms with van der Waals surface area (Å²) >= 11 is 0. The summed E-state index contributed by atoms with van der Waals surface area (Å²) in [6.45, 7) is 4.85. The van der Waals surface area contributed by atoms with Crippen LogP contribution in [0.1, 0.15) is 20.8 Å². The van der Waals surface area contributed by atoms with E-state index in [2.05, 4.69) is 4.74 Å². The van der Waals surface area contributed by atoms with Crippen molar-refractivity contribution in [2.75, 3.05) is 7.11 Å². The first-order valence-electron chi connectivity index (χ1n) is 3.19. The molecule has 0 fully saturated rings. The zero-order valence-corrected chi connectivity index (χ0v) is 6.84. The van der Waals surface area contributed by atoms with Gasteiger partial charge in [-0.3, -0.25) is 4.79 Å². The molecule has 0 rings (SSSR count). The summed E-state index contributed by atoms with van der Waals surface area (Å²) in [5.41, 5.74) is -0.797. The van der Waals surface area contributed by atoms with E-state index in [1.807, 2.05) is 0 Å². The summed E-state index contributed by atoms with van der Waals surface area (Å²) in [5.74, 6) is -0.387. The van der Waals surface area contributed by atoms with E-state index < -0.39 is 11.5 Å². The van der Waals surface area contributed by atoms with Crippen molar-refractivity contribution in [3.8, 4) is 0 Å². The van der Waals surface area contributed by atoms with Crippen LogP contribution in [-0.4, -0.2) is 24.3 Å². The molecule has 0 saturated heterocycles. The van der Waals surface area contributed by atoms with Gasteiger partial charge in [0.25, 0.3) is 0 Å². The molecule has 0 spiro atoms. The van der Waals surface area contributed by atoms with Crippen molar-refractivity contribution >= 4 is 5.97 Å². The van der Waals surface area contributed by atoms with E-state index in [4.69, 9.17) is 5.11 Å². The number of ether oxygens (including phenoxy) is 1. The third-order valence-corrected chi connectivity index (χ3v) is 1.76. The van der Waals surface area contributed by atoms with Crippen LogP contribution in [0.2, 0.25) is 0 Å².